The summed E-state index contributed by atoms with van der Waals surface area (Å²) in [6, 6.07) is 1.10. The zero-order valence-electron chi connectivity index (χ0n) is 18.5. The second-order valence-corrected chi connectivity index (χ2v) is 9.08. The number of likely N-dealkylation sites (N-methyl/N-ethyl adjacent to an activating group) is 1. The van der Waals surface area contributed by atoms with Crippen molar-refractivity contribution in [2.75, 3.05) is 37.7 Å². The molecule has 3 saturated heterocycles. The normalized spacial score (nSPS) is 29.6. The molecular formula is C22H29F2N5O. The van der Waals surface area contributed by atoms with Crippen LogP contribution in [-0.2, 0) is 0 Å². The number of hydrogen-bond acceptors (Lipinski definition) is 6. The number of fused-ring (bicyclic) bond motifs is 3. The SMILES string of the molecule is [2H]c1c(F)cc2c(N3C[C@H]4CC[C@@](C)(C3)N4)nc(OC[C@H]3CCCN3CC)nc2c1F. The van der Waals surface area contributed by atoms with E-state index in [1.165, 1.54) is 6.07 Å². The van der Waals surface area contributed by atoms with Gasteiger partial charge in [-0.15, -0.1) is 0 Å². The number of piperazine rings is 1. The van der Waals surface area contributed by atoms with Gasteiger partial charge in [-0.25, -0.2) is 8.78 Å². The van der Waals surface area contributed by atoms with Gasteiger partial charge in [-0.3, -0.25) is 4.90 Å². The molecule has 162 valence electrons. The molecule has 0 radical (unpaired) electrons. The van der Waals surface area contributed by atoms with Crippen molar-refractivity contribution in [2.45, 2.75) is 57.2 Å². The lowest BCUT2D eigenvalue weighted by Crippen LogP contribution is -2.58. The Balaban J connectivity index is 1.53. The van der Waals surface area contributed by atoms with Crippen LogP contribution in [0.25, 0.3) is 10.9 Å². The van der Waals surface area contributed by atoms with E-state index < -0.39 is 17.7 Å². The Morgan fingerprint density at radius 1 is 1.37 bits per heavy atom. The highest BCUT2D eigenvalue weighted by Crippen LogP contribution is 2.35. The third kappa shape index (κ3) is 3.60. The van der Waals surface area contributed by atoms with Gasteiger partial charge in [-0.2, -0.15) is 9.97 Å². The molecule has 2 bridgehead atoms. The van der Waals surface area contributed by atoms with Gasteiger partial charge in [0.25, 0.3) is 0 Å². The maximum absolute atomic E-state index is 14.9. The summed E-state index contributed by atoms with van der Waals surface area (Å²) in [7, 11) is 0. The number of benzene rings is 1. The minimum absolute atomic E-state index is 0.0544. The number of aromatic nitrogens is 2. The molecule has 0 unspecified atom stereocenters. The highest BCUT2D eigenvalue weighted by Gasteiger charge is 2.42. The summed E-state index contributed by atoms with van der Waals surface area (Å²) in [6.45, 7) is 8.12. The lowest BCUT2D eigenvalue weighted by molar-refractivity contribution is 0.170. The predicted octanol–water partition coefficient (Wildman–Crippen LogP) is 3.10. The second-order valence-electron chi connectivity index (χ2n) is 9.08. The number of ether oxygens (including phenoxy) is 1. The number of hydrogen-bond donors (Lipinski definition) is 1. The summed E-state index contributed by atoms with van der Waals surface area (Å²) in [5.74, 6) is -1.39. The summed E-state index contributed by atoms with van der Waals surface area (Å²) in [6.07, 6.45) is 4.28. The quantitative estimate of drug-likeness (QED) is 0.805. The van der Waals surface area contributed by atoms with E-state index in [-0.39, 0.29) is 23.1 Å². The van der Waals surface area contributed by atoms with Gasteiger partial charge >= 0.3 is 6.01 Å². The van der Waals surface area contributed by atoms with Crippen LogP contribution >= 0.6 is 0 Å². The van der Waals surface area contributed by atoms with Crippen LogP contribution in [0.4, 0.5) is 14.6 Å². The lowest BCUT2D eigenvalue weighted by Gasteiger charge is -2.40. The molecule has 0 amide bonds. The van der Waals surface area contributed by atoms with Gasteiger partial charge in [0.1, 0.15) is 23.8 Å². The first-order valence-electron chi connectivity index (χ1n) is 11.4. The largest absolute Gasteiger partial charge is 0.462 e. The smallest absolute Gasteiger partial charge is 0.319 e. The minimum atomic E-state index is -0.969. The fourth-order valence-corrected chi connectivity index (χ4v) is 5.35. The average molecular weight is 419 g/mol. The van der Waals surface area contributed by atoms with Gasteiger partial charge < -0.3 is 15.0 Å². The molecule has 3 fully saturated rings. The van der Waals surface area contributed by atoms with E-state index in [2.05, 4.69) is 38.9 Å². The summed E-state index contributed by atoms with van der Waals surface area (Å²) in [5, 5.41) is 3.93. The Morgan fingerprint density at radius 2 is 2.23 bits per heavy atom. The number of halogens is 2. The van der Waals surface area contributed by atoms with Crippen molar-refractivity contribution in [3.05, 3.63) is 23.7 Å². The third-order valence-corrected chi connectivity index (χ3v) is 6.80. The summed E-state index contributed by atoms with van der Waals surface area (Å²) in [5.41, 5.74) is -0.111. The highest BCUT2D eigenvalue weighted by atomic mass is 19.1. The van der Waals surface area contributed by atoms with Crippen LogP contribution < -0.4 is 15.0 Å². The van der Waals surface area contributed by atoms with Gasteiger partial charge in [0.05, 0.1) is 1.37 Å². The number of likely N-dealkylation sites (tertiary alicyclic amines) is 1. The molecule has 1 N–H and O–H groups in total. The van der Waals surface area contributed by atoms with Gasteiger partial charge in [0.15, 0.2) is 5.82 Å². The van der Waals surface area contributed by atoms with Crippen LogP contribution in [0.5, 0.6) is 6.01 Å². The van der Waals surface area contributed by atoms with E-state index in [4.69, 9.17) is 6.11 Å². The third-order valence-electron chi connectivity index (χ3n) is 6.80. The first-order valence-corrected chi connectivity index (χ1v) is 10.9. The summed E-state index contributed by atoms with van der Waals surface area (Å²) >= 11 is 0. The van der Waals surface area contributed by atoms with Crippen molar-refractivity contribution in [3.63, 3.8) is 0 Å². The van der Waals surface area contributed by atoms with Crippen molar-refractivity contribution in [3.8, 4) is 6.01 Å². The van der Waals surface area contributed by atoms with Crippen molar-refractivity contribution >= 4 is 16.7 Å². The van der Waals surface area contributed by atoms with E-state index in [0.717, 1.165) is 38.8 Å². The first kappa shape index (κ1) is 18.7. The van der Waals surface area contributed by atoms with Crippen LogP contribution in [0.2, 0.25) is 0 Å². The molecule has 3 aliphatic rings. The molecule has 3 atom stereocenters. The minimum Gasteiger partial charge on any atom is -0.462 e. The highest BCUT2D eigenvalue weighted by molar-refractivity contribution is 5.90. The molecule has 1 aromatic heterocycles. The van der Waals surface area contributed by atoms with Crippen LogP contribution in [0.1, 0.15) is 40.9 Å². The van der Waals surface area contributed by atoms with E-state index in [0.29, 0.717) is 36.9 Å². The lowest BCUT2D eigenvalue weighted by atomic mass is 10.00. The van der Waals surface area contributed by atoms with Gasteiger partial charge in [0, 0.05) is 42.1 Å². The predicted molar refractivity (Wildman–Crippen MR) is 112 cm³/mol. The zero-order chi connectivity index (χ0) is 21.8. The van der Waals surface area contributed by atoms with Crippen molar-refractivity contribution in [2.24, 2.45) is 0 Å². The average Bonchev–Trinajstić information content (AvgIpc) is 3.32. The van der Waals surface area contributed by atoms with Gasteiger partial charge in [-0.05, 0) is 51.8 Å². The number of nitrogens with zero attached hydrogens (tertiary/aromatic N) is 4. The van der Waals surface area contributed by atoms with Crippen molar-refractivity contribution < 1.29 is 14.9 Å². The molecule has 5 rings (SSSR count). The number of anilines is 1. The van der Waals surface area contributed by atoms with Gasteiger partial charge in [0.2, 0.25) is 0 Å². The van der Waals surface area contributed by atoms with E-state index in [1.807, 2.05) is 0 Å². The Hall–Kier alpha value is -2.06. The molecule has 0 aliphatic carbocycles. The first-order chi connectivity index (χ1) is 14.9. The standard InChI is InChI=1S/C22H29F2N5O/c1-3-28-8-4-5-16(28)12-30-21-25-19-17(9-14(23)10-18(19)24)20(26-21)29-11-15-6-7-22(2,13-29)27-15/h9-10,15-16,27H,3-8,11-13H2,1-2H3/t15-,16-,22+/m1/s1/i10D. The van der Waals surface area contributed by atoms with Crippen LogP contribution in [-0.4, -0.2) is 65.3 Å². The molecule has 3 aliphatic heterocycles. The molecule has 0 saturated carbocycles. The molecule has 2 aromatic rings. The molecule has 1 aromatic carbocycles. The van der Waals surface area contributed by atoms with Crippen LogP contribution in [0.15, 0.2) is 12.1 Å². The fraction of sp³-hybridized carbons (Fsp3) is 0.636. The molecular weight excluding hydrogens is 388 g/mol. The zero-order valence-corrected chi connectivity index (χ0v) is 17.5. The van der Waals surface area contributed by atoms with Crippen molar-refractivity contribution in [1.29, 1.82) is 0 Å². The monoisotopic (exact) mass is 418 g/mol. The maximum atomic E-state index is 14.9. The number of rotatable bonds is 5. The van der Waals surface area contributed by atoms with E-state index >= 15 is 0 Å². The number of nitrogens with one attached hydrogen (secondary N) is 1. The summed E-state index contributed by atoms with van der Waals surface area (Å²) < 4.78 is 42.8. The van der Waals surface area contributed by atoms with E-state index in [1.54, 1.807) is 0 Å². The van der Waals surface area contributed by atoms with Gasteiger partial charge in [-0.1, -0.05) is 6.92 Å². The molecule has 0 spiro atoms. The fourth-order valence-electron chi connectivity index (χ4n) is 5.35. The van der Waals surface area contributed by atoms with Crippen LogP contribution in [0.3, 0.4) is 0 Å². The summed E-state index contributed by atoms with van der Waals surface area (Å²) in [4.78, 5) is 13.3. The molecule has 6 nitrogen and oxygen atoms in total. The topological polar surface area (TPSA) is 53.5 Å². The Labute approximate surface area is 177 Å². The van der Waals surface area contributed by atoms with Crippen molar-refractivity contribution in [1.82, 2.24) is 20.2 Å². The molecule has 8 heteroatoms. The van der Waals surface area contributed by atoms with E-state index in [9.17, 15) is 8.78 Å². The maximum Gasteiger partial charge on any atom is 0.319 e. The second kappa shape index (κ2) is 7.57. The Kier molecular flexibility index (Phi) is 4.71. The van der Waals surface area contributed by atoms with Crippen LogP contribution in [0, 0.1) is 11.6 Å². The Bertz CT molecular complexity index is 1010. The Morgan fingerprint density at radius 3 is 3.03 bits per heavy atom. The molecule has 30 heavy (non-hydrogen) atoms. The molecule has 4 heterocycles.